The molecule has 0 aliphatic carbocycles. The zero-order chi connectivity index (χ0) is 21.5. The summed E-state index contributed by atoms with van der Waals surface area (Å²) in [4.78, 5) is 6.77. The first-order valence-electron chi connectivity index (χ1n) is 10.1. The summed E-state index contributed by atoms with van der Waals surface area (Å²) in [6.45, 7) is 7.13. The fraction of sp³-hybridized carbons (Fsp3) is 0.261. The molecule has 1 aromatic heterocycles. The van der Waals surface area contributed by atoms with E-state index in [0.29, 0.717) is 28.3 Å². The minimum absolute atomic E-state index is 0.180. The molecule has 1 unspecified atom stereocenters. The second-order valence-electron chi connectivity index (χ2n) is 7.53. The van der Waals surface area contributed by atoms with Gasteiger partial charge in [-0.15, -0.1) is 0 Å². The van der Waals surface area contributed by atoms with Crippen LogP contribution in [0.15, 0.2) is 52.7 Å². The van der Waals surface area contributed by atoms with Crippen LogP contribution in [0.1, 0.15) is 36.9 Å². The van der Waals surface area contributed by atoms with Crippen molar-refractivity contribution in [1.82, 2.24) is 20.4 Å². The van der Waals surface area contributed by atoms with Crippen LogP contribution in [0.25, 0.3) is 17.0 Å². The van der Waals surface area contributed by atoms with E-state index in [0.717, 1.165) is 28.9 Å². The van der Waals surface area contributed by atoms with Gasteiger partial charge in [-0.2, -0.15) is 4.98 Å². The van der Waals surface area contributed by atoms with Crippen molar-refractivity contribution < 1.29 is 14.0 Å². The van der Waals surface area contributed by atoms with E-state index in [-0.39, 0.29) is 12.8 Å². The number of nitrogens with one attached hydrogen (secondary N) is 1. The van der Waals surface area contributed by atoms with Crippen molar-refractivity contribution in [2.24, 2.45) is 0 Å². The number of hydrogen-bond donors (Lipinski definition) is 1. The highest BCUT2D eigenvalue weighted by Gasteiger charge is 2.33. The number of allylic oxidation sites excluding steroid dienone is 1. The molecule has 31 heavy (non-hydrogen) atoms. The molecular formula is C23H22N4O3S. The highest BCUT2D eigenvalue weighted by molar-refractivity contribution is 7.80. The molecule has 0 amide bonds. The zero-order valence-corrected chi connectivity index (χ0v) is 18.3. The highest BCUT2D eigenvalue weighted by Crippen LogP contribution is 2.39. The molecule has 1 N–H and O–H groups in total. The Morgan fingerprint density at radius 3 is 2.65 bits per heavy atom. The van der Waals surface area contributed by atoms with E-state index < -0.39 is 0 Å². The maximum atomic E-state index is 5.75. The molecule has 0 saturated heterocycles. The van der Waals surface area contributed by atoms with Crippen molar-refractivity contribution >= 4 is 22.9 Å². The normalized spacial score (nSPS) is 17.8. The third kappa shape index (κ3) is 3.42. The van der Waals surface area contributed by atoms with Gasteiger partial charge < -0.3 is 24.2 Å². The standard InChI is InChI=1S/C23H22N4O3S/c1-4-27-14(3)19(20(24-23(27)31)15-7-5-13(2)6-8-15)22-25-21(26-30-22)16-9-10-17-18(11-16)29-12-28-17/h5-11,20H,4,12H2,1-3H3,(H,24,31). The minimum Gasteiger partial charge on any atom is -0.454 e. The summed E-state index contributed by atoms with van der Waals surface area (Å²) in [5, 5.41) is 8.37. The number of aromatic nitrogens is 2. The first-order valence-corrected chi connectivity index (χ1v) is 10.6. The first kappa shape index (κ1) is 19.6. The largest absolute Gasteiger partial charge is 0.454 e. The van der Waals surface area contributed by atoms with Crippen LogP contribution >= 0.6 is 12.2 Å². The van der Waals surface area contributed by atoms with Crippen LogP contribution in [0.5, 0.6) is 11.5 Å². The van der Waals surface area contributed by atoms with Gasteiger partial charge in [-0.3, -0.25) is 0 Å². The monoisotopic (exact) mass is 434 g/mol. The summed E-state index contributed by atoms with van der Waals surface area (Å²) in [6.07, 6.45) is 0. The predicted molar refractivity (Wildman–Crippen MR) is 120 cm³/mol. The molecule has 158 valence electrons. The fourth-order valence-corrected chi connectivity index (χ4v) is 4.32. The van der Waals surface area contributed by atoms with Gasteiger partial charge in [0.25, 0.3) is 5.89 Å². The SMILES string of the molecule is CCN1C(=S)NC(c2ccc(C)cc2)C(c2nc(-c3ccc4c(c3)OCO4)no2)=C1C. The number of fused-ring (bicyclic) bond motifs is 1. The van der Waals surface area contributed by atoms with Crippen LogP contribution in [0, 0.1) is 6.92 Å². The van der Waals surface area contributed by atoms with E-state index in [9.17, 15) is 0 Å². The summed E-state index contributed by atoms with van der Waals surface area (Å²) in [5.41, 5.74) is 5.00. The zero-order valence-electron chi connectivity index (χ0n) is 17.5. The van der Waals surface area contributed by atoms with Crippen molar-refractivity contribution in [1.29, 1.82) is 0 Å². The van der Waals surface area contributed by atoms with E-state index in [1.54, 1.807) is 0 Å². The third-order valence-electron chi connectivity index (χ3n) is 5.61. The maximum Gasteiger partial charge on any atom is 0.258 e. The lowest BCUT2D eigenvalue weighted by atomic mass is 9.94. The summed E-state index contributed by atoms with van der Waals surface area (Å²) in [7, 11) is 0. The smallest absolute Gasteiger partial charge is 0.258 e. The summed E-state index contributed by atoms with van der Waals surface area (Å²) >= 11 is 5.62. The summed E-state index contributed by atoms with van der Waals surface area (Å²) < 4.78 is 16.6. The molecule has 2 aliphatic heterocycles. The first-order chi connectivity index (χ1) is 15.0. The number of ether oxygens (including phenoxy) is 2. The molecule has 7 nitrogen and oxygen atoms in total. The van der Waals surface area contributed by atoms with Crippen molar-refractivity contribution in [3.63, 3.8) is 0 Å². The minimum atomic E-state index is -0.180. The molecule has 1 atom stereocenters. The Labute approximate surface area is 185 Å². The second kappa shape index (κ2) is 7.70. The molecule has 5 rings (SSSR count). The number of aryl methyl sites for hydroxylation is 1. The molecule has 3 heterocycles. The summed E-state index contributed by atoms with van der Waals surface area (Å²) in [6, 6.07) is 13.8. The quantitative estimate of drug-likeness (QED) is 0.604. The Kier molecular flexibility index (Phi) is 4.86. The van der Waals surface area contributed by atoms with E-state index in [1.807, 2.05) is 30.0 Å². The van der Waals surface area contributed by atoms with Gasteiger partial charge in [0.1, 0.15) is 0 Å². The van der Waals surface area contributed by atoms with Gasteiger partial charge >= 0.3 is 0 Å². The van der Waals surface area contributed by atoms with Crippen LogP contribution in [-0.4, -0.2) is 33.5 Å². The van der Waals surface area contributed by atoms with Crippen LogP contribution in [-0.2, 0) is 0 Å². The average molecular weight is 435 g/mol. The molecule has 0 radical (unpaired) electrons. The number of nitrogens with zero attached hydrogens (tertiary/aromatic N) is 3. The molecule has 0 saturated carbocycles. The molecule has 0 bridgehead atoms. The van der Waals surface area contributed by atoms with Crippen LogP contribution in [0.2, 0.25) is 0 Å². The van der Waals surface area contributed by atoms with Gasteiger partial charge in [0, 0.05) is 17.8 Å². The lowest BCUT2D eigenvalue weighted by molar-refractivity contribution is 0.174. The van der Waals surface area contributed by atoms with Crippen molar-refractivity contribution in [2.45, 2.75) is 26.8 Å². The van der Waals surface area contributed by atoms with Crippen molar-refractivity contribution in [2.75, 3.05) is 13.3 Å². The molecule has 0 spiro atoms. The Morgan fingerprint density at radius 1 is 1.10 bits per heavy atom. The van der Waals surface area contributed by atoms with Crippen LogP contribution in [0.4, 0.5) is 0 Å². The Morgan fingerprint density at radius 2 is 1.87 bits per heavy atom. The number of thiocarbonyl (C=S) groups is 1. The molecular weight excluding hydrogens is 412 g/mol. The van der Waals surface area contributed by atoms with Gasteiger partial charge in [-0.05, 0) is 56.8 Å². The van der Waals surface area contributed by atoms with Gasteiger partial charge in [-0.25, -0.2) is 0 Å². The van der Waals surface area contributed by atoms with Crippen LogP contribution < -0.4 is 14.8 Å². The fourth-order valence-electron chi connectivity index (χ4n) is 3.93. The van der Waals surface area contributed by atoms with Gasteiger partial charge in [0.2, 0.25) is 12.6 Å². The molecule has 2 aliphatic rings. The summed E-state index contributed by atoms with van der Waals surface area (Å²) in [5.74, 6) is 2.35. The lowest BCUT2D eigenvalue weighted by Crippen LogP contribution is -2.45. The molecule has 2 aromatic carbocycles. The van der Waals surface area contributed by atoms with E-state index >= 15 is 0 Å². The molecule has 3 aromatic rings. The highest BCUT2D eigenvalue weighted by atomic mass is 32.1. The van der Waals surface area contributed by atoms with E-state index in [4.69, 9.17) is 31.2 Å². The number of hydrogen-bond acceptors (Lipinski definition) is 6. The Hall–Kier alpha value is -3.39. The lowest BCUT2D eigenvalue weighted by Gasteiger charge is -2.36. The topological polar surface area (TPSA) is 72.7 Å². The maximum absolute atomic E-state index is 5.75. The Balaban J connectivity index is 1.58. The number of benzene rings is 2. The van der Waals surface area contributed by atoms with Crippen molar-refractivity contribution in [3.8, 4) is 22.9 Å². The van der Waals surface area contributed by atoms with Crippen molar-refractivity contribution in [3.05, 3.63) is 65.2 Å². The average Bonchev–Trinajstić information content (AvgIpc) is 3.43. The number of rotatable bonds is 4. The molecule has 8 heteroatoms. The molecule has 0 fully saturated rings. The van der Waals surface area contributed by atoms with E-state index in [1.165, 1.54) is 5.56 Å². The van der Waals surface area contributed by atoms with Gasteiger partial charge in [0.05, 0.1) is 11.6 Å². The van der Waals surface area contributed by atoms with Gasteiger partial charge in [-0.1, -0.05) is 35.0 Å². The third-order valence-corrected chi connectivity index (χ3v) is 5.95. The van der Waals surface area contributed by atoms with E-state index in [2.05, 4.69) is 48.6 Å². The van der Waals surface area contributed by atoms with Gasteiger partial charge in [0.15, 0.2) is 16.6 Å². The van der Waals surface area contributed by atoms with Crippen LogP contribution in [0.3, 0.4) is 0 Å². The Bertz CT molecular complexity index is 1190. The predicted octanol–water partition coefficient (Wildman–Crippen LogP) is 4.46. The second-order valence-corrected chi connectivity index (χ2v) is 7.91.